The molecule has 0 aliphatic heterocycles. The standard InChI is InChI=1S/C25H42N2O3/c1-5-6-7-8-9-10-11-15-20-26-23(28)22(27-24(29)30-25(2,3)4)19-18-21-16-13-12-14-17-21/h12-14,16-17,22H,5-11,15,18-20H2,1-4H3,(H,26,28)(H,27,29)/t22-/m0/s1. The summed E-state index contributed by atoms with van der Waals surface area (Å²) in [6.07, 6.45) is 10.5. The molecule has 5 nitrogen and oxygen atoms in total. The molecule has 0 aromatic heterocycles. The Morgan fingerprint density at radius 3 is 2.13 bits per heavy atom. The third kappa shape index (κ3) is 13.2. The molecule has 0 aliphatic rings. The van der Waals surface area contributed by atoms with Crippen molar-refractivity contribution in [1.82, 2.24) is 10.6 Å². The van der Waals surface area contributed by atoms with Crippen LogP contribution in [-0.4, -0.2) is 30.2 Å². The van der Waals surface area contributed by atoms with E-state index in [9.17, 15) is 9.59 Å². The van der Waals surface area contributed by atoms with Crippen LogP contribution in [0.5, 0.6) is 0 Å². The molecule has 170 valence electrons. The van der Waals surface area contributed by atoms with Crippen molar-refractivity contribution in [3.63, 3.8) is 0 Å². The van der Waals surface area contributed by atoms with Crippen LogP contribution in [0.4, 0.5) is 4.79 Å². The molecule has 1 atom stereocenters. The van der Waals surface area contributed by atoms with Crippen LogP contribution in [0.25, 0.3) is 0 Å². The SMILES string of the molecule is CCCCCCCCCCNC(=O)[C@H](CCc1ccccc1)NC(=O)OC(C)(C)C. The normalized spacial score (nSPS) is 12.3. The van der Waals surface area contributed by atoms with E-state index in [4.69, 9.17) is 4.74 Å². The number of unbranched alkanes of at least 4 members (excludes halogenated alkanes) is 7. The number of benzene rings is 1. The molecule has 2 amide bonds. The number of carbonyl (C=O) groups excluding carboxylic acids is 2. The van der Waals surface area contributed by atoms with E-state index in [0.717, 1.165) is 18.4 Å². The minimum Gasteiger partial charge on any atom is -0.444 e. The highest BCUT2D eigenvalue weighted by Gasteiger charge is 2.24. The fourth-order valence-electron chi connectivity index (χ4n) is 3.27. The predicted molar refractivity (Wildman–Crippen MR) is 124 cm³/mol. The zero-order valence-corrected chi connectivity index (χ0v) is 19.5. The summed E-state index contributed by atoms with van der Waals surface area (Å²) < 4.78 is 5.34. The van der Waals surface area contributed by atoms with Gasteiger partial charge in [0.25, 0.3) is 0 Å². The molecule has 0 bridgehead atoms. The fraction of sp³-hybridized carbons (Fsp3) is 0.680. The molecule has 1 aromatic carbocycles. The molecule has 2 N–H and O–H groups in total. The van der Waals surface area contributed by atoms with Crippen molar-refractivity contribution >= 4 is 12.0 Å². The minimum absolute atomic E-state index is 0.139. The Balaban J connectivity index is 2.42. The number of hydrogen-bond acceptors (Lipinski definition) is 3. The van der Waals surface area contributed by atoms with Gasteiger partial charge >= 0.3 is 6.09 Å². The maximum atomic E-state index is 12.7. The van der Waals surface area contributed by atoms with Gasteiger partial charge in [-0.15, -0.1) is 0 Å². The molecule has 5 heteroatoms. The summed E-state index contributed by atoms with van der Waals surface area (Å²) in [4.78, 5) is 24.9. The van der Waals surface area contributed by atoms with Gasteiger partial charge in [0.1, 0.15) is 11.6 Å². The highest BCUT2D eigenvalue weighted by atomic mass is 16.6. The van der Waals surface area contributed by atoms with Crippen LogP contribution in [0.1, 0.15) is 91.0 Å². The molecule has 0 unspecified atom stereocenters. The zero-order chi connectivity index (χ0) is 22.2. The van der Waals surface area contributed by atoms with Gasteiger partial charge in [-0.05, 0) is 45.6 Å². The van der Waals surface area contributed by atoms with Crippen LogP contribution in [0.15, 0.2) is 30.3 Å². The molecule has 30 heavy (non-hydrogen) atoms. The van der Waals surface area contributed by atoms with E-state index in [1.165, 1.54) is 38.5 Å². The number of hydrogen-bond donors (Lipinski definition) is 2. The second-order valence-corrected chi connectivity index (χ2v) is 8.99. The highest BCUT2D eigenvalue weighted by Crippen LogP contribution is 2.10. The van der Waals surface area contributed by atoms with Crippen molar-refractivity contribution in [2.45, 2.75) is 104 Å². The molecular weight excluding hydrogens is 376 g/mol. The molecule has 0 heterocycles. The van der Waals surface area contributed by atoms with Crippen LogP contribution >= 0.6 is 0 Å². The Hall–Kier alpha value is -2.04. The maximum absolute atomic E-state index is 12.7. The Bertz CT molecular complexity index is 596. The number of amides is 2. The van der Waals surface area contributed by atoms with Gasteiger partial charge in [0, 0.05) is 6.54 Å². The van der Waals surface area contributed by atoms with Crippen LogP contribution in [0.2, 0.25) is 0 Å². The lowest BCUT2D eigenvalue weighted by Crippen LogP contribution is -2.48. The third-order valence-electron chi connectivity index (χ3n) is 4.90. The quantitative estimate of drug-likeness (QED) is 0.377. The van der Waals surface area contributed by atoms with Crippen molar-refractivity contribution < 1.29 is 14.3 Å². The average molecular weight is 419 g/mol. The summed E-state index contributed by atoms with van der Waals surface area (Å²) >= 11 is 0. The molecule has 0 saturated carbocycles. The maximum Gasteiger partial charge on any atom is 0.408 e. The molecule has 0 fully saturated rings. The van der Waals surface area contributed by atoms with E-state index >= 15 is 0 Å². The van der Waals surface area contributed by atoms with Crippen LogP contribution in [0.3, 0.4) is 0 Å². The van der Waals surface area contributed by atoms with Gasteiger partial charge in [0.2, 0.25) is 5.91 Å². The van der Waals surface area contributed by atoms with E-state index in [1.54, 1.807) is 0 Å². The smallest absolute Gasteiger partial charge is 0.408 e. The van der Waals surface area contributed by atoms with Gasteiger partial charge in [-0.2, -0.15) is 0 Å². The number of aryl methyl sites for hydroxylation is 1. The summed E-state index contributed by atoms with van der Waals surface area (Å²) in [5, 5.41) is 5.74. The zero-order valence-electron chi connectivity index (χ0n) is 19.5. The molecular formula is C25H42N2O3. The summed E-state index contributed by atoms with van der Waals surface area (Å²) in [5.74, 6) is -0.139. The first-order valence-corrected chi connectivity index (χ1v) is 11.6. The van der Waals surface area contributed by atoms with E-state index in [-0.39, 0.29) is 5.91 Å². The summed E-state index contributed by atoms with van der Waals surface area (Å²) in [6, 6.07) is 9.39. The lowest BCUT2D eigenvalue weighted by Gasteiger charge is -2.23. The highest BCUT2D eigenvalue weighted by molar-refractivity contribution is 5.85. The number of rotatable bonds is 14. The minimum atomic E-state index is -0.603. The lowest BCUT2D eigenvalue weighted by atomic mass is 10.0. The van der Waals surface area contributed by atoms with Gasteiger partial charge in [-0.1, -0.05) is 82.2 Å². The first-order valence-electron chi connectivity index (χ1n) is 11.6. The van der Waals surface area contributed by atoms with Crippen molar-refractivity contribution in [2.75, 3.05) is 6.54 Å². The number of alkyl carbamates (subject to hydrolysis) is 1. The molecule has 0 aliphatic carbocycles. The van der Waals surface area contributed by atoms with Gasteiger partial charge < -0.3 is 15.4 Å². The predicted octanol–water partition coefficient (Wildman–Crippen LogP) is 5.77. The fourth-order valence-corrected chi connectivity index (χ4v) is 3.27. The molecule has 0 saturated heterocycles. The summed E-state index contributed by atoms with van der Waals surface area (Å²) in [5.41, 5.74) is 0.547. The Kier molecular flexibility index (Phi) is 12.9. The van der Waals surface area contributed by atoms with Gasteiger partial charge in [-0.3, -0.25) is 4.79 Å². The molecule has 0 spiro atoms. The van der Waals surface area contributed by atoms with E-state index in [1.807, 2.05) is 51.1 Å². The van der Waals surface area contributed by atoms with Crippen molar-refractivity contribution in [1.29, 1.82) is 0 Å². The van der Waals surface area contributed by atoms with Gasteiger partial charge in [-0.25, -0.2) is 4.79 Å². The first kappa shape index (κ1) is 26.0. The van der Waals surface area contributed by atoms with Crippen LogP contribution < -0.4 is 10.6 Å². The first-order chi connectivity index (χ1) is 14.3. The van der Waals surface area contributed by atoms with E-state index < -0.39 is 17.7 Å². The largest absolute Gasteiger partial charge is 0.444 e. The third-order valence-corrected chi connectivity index (χ3v) is 4.90. The van der Waals surface area contributed by atoms with Gasteiger partial charge in [0.15, 0.2) is 0 Å². The van der Waals surface area contributed by atoms with E-state index in [2.05, 4.69) is 17.6 Å². The van der Waals surface area contributed by atoms with Crippen LogP contribution in [0, 0.1) is 0 Å². The number of nitrogens with one attached hydrogen (secondary N) is 2. The average Bonchev–Trinajstić information content (AvgIpc) is 2.69. The Morgan fingerprint density at radius 2 is 1.53 bits per heavy atom. The summed E-state index contributed by atoms with van der Waals surface area (Å²) in [7, 11) is 0. The molecule has 1 rings (SSSR count). The second kappa shape index (κ2) is 14.9. The van der Waals surface area contributed by atoms with Crippen LogP contribution in [-0.2, 0) is 16.0 Å². The lowest BCUT2D eigenvalue weighted by molar-refractivity contribution is -0.123. The molecule has 1 aromatic rings. The van der Waals surface area contributed by atoms with Crippen molar-refractivity contribution in [2.24, 2.45) is 0 Å². The van der Waals surface area contributed by atoms with Gasteiger partial charge in [0.05, 0.1) is 0 Å². The second-order valence-electron chi connectivity index (χ2n) is 8.99. The van der Waals surface area contributed by atoms with Crippen molar-refractivity contribution in [3.05, 3.63) is 35.9 Å². The molecule has 0 radical (unpaired) electrons. The monoisotopic (exact) mass is 418 g/mol. The topological polar surface area (TPSA) is 67.4 Å². The van der Waals surface area contributed by atoms with Crippen molar-refractivity contribution in [3.8, 4) is 0 Å². The number of ether oxygens (including phenoxy) is 1. The van der Waals surface area contributed by atoms with E-state index in [0.29, 0.717) is 19.4 Å². The Morgan fingerprint density at radius 1 is 0.933 bits per heavy atom. The number of carbonyl (C=O) groups is 2. The summed E-state index contributed by atoms with van der Waals surface area (Å²) in [6.45, 7) is 8.31. The Labute approximate surface area is 183 Å².